The number of carbonyl (C=O) groups is 1. The summed E-state index contributed by atoms with van der Waals surface area (Å²) in [5.41, 5.74) is 0.661. The van der Waals surface area contributed by atoms with Crippen molar-refractivity contribution < 1.29 is 22.7 Å². The standard InChI is InChI=1S/C24H15ClF3NO2S2/c25-19-10-3-1-7-16(19)14-31-20-11-4-2-6-15(20)12-21-22(30)29(23(32)33-21)18-9-5-8-17(13-18)24(26,27)28/h1-13H,14H2/b21-12+. The van der Waals surface area contributed by atoms with Crippen LogP contribution in [0.15, 0.2) is 77.7 Å². The molecule has 0 unspecified atom stereocenters. The number of nitrogens with zero attached hydrogens (tertiary/aromatic N) is 1. The van der Waals surface area contributed by atoms with Crippen LogP contribution in [0.2, 0.25) is 5.02 Å². The van der Waals surface area contributed by atoms with E-state index in [0.29, 0.717) is 16.3 Å². The van der Waals surface area contributed by atoms with Gasteiger partial charge in [-0.3, -0.25) is 9.69 Å². The summed E-state index contributed by atoms with van der Waals surface area (Å²) in [7, 11) is 0. The Bertz CT molecular complexity index is 1260. The van der Waals surface area contributed by atoms with E-state index in [0.717, 1.165) is 34.4 Å². The first-order valence-corrected chi connectivity index (χ1v) is 11.2. The summed E-state index contributed by atoms with van der Waals surface area (Å²) >= 11 is 12.5. The highest BCUT2D eigenvalue weighted by Crippen LogP contribution is 2.39. The van der Waals surface area contributed by atoms with Crippen molar-refractivity contribution in [1.29, 1.82) is 0 Å². The second-order valence-corrected chi connectivity index (χ2v) is 9.07. The van der Waals surface area contributed by atoms with E-state index in [9.17, 15) is 18.0 Å². The molecule has 0 N–H and O–H groups in total. The van der Waals surface area contributed by atoms with Crippen molar-refractivity contribution in [2.45, 2.75) is 12.8 Å². The van der Waals surface area contributed by atoms with Crippen LogP contribution in [0.4, 0.5) is 18.9 Å². The number of anilines is 1. The third-order valence-electron chi connectivity index (χ3n) is 4.77. The quantitative estimate of drug-likeness (QED) is 0.268. The summed E-state index contributed by atoms with van der Waals surface area (Å²) in [6.07, 6.45) is -2.90. The fraction of sp³-hybridized carbons (Fsp3) is 0.0833. The lowest BCUT2D eigenvalue weighted by molar-refractivity contribution is -0.137. The average Bonchev–Trinajstić information content (AvgIpc) is 3.06. The Morgan fingerprint density at radius 3 is 2.52 bits per heavy atom. The van der Waals surface area contributed by atoms with E-state index in [1.54, 1.807) is 36.4 Å². The lowest BCUT2D eigenvalue weighted by Gasteiger charge is -2.16. The highest BCUT2D eigenvalue weighted by Gasteiger charge is 2.36. The van der Waals surface area contributed by atoms with Crippen LogP contribution in [0.1, 0.15) is 16.7 Å². The van der Waals surface area contributed by atoms with Gasteiger partial charge in [-0.25, -0.2) is 0 Å². The molecule has 168 valence electrons. The van der Waals surface area contributed by atoms with Gasteiger partial charge >= 0.3 is 6.18 Å². The maximum Gasteiger partial charge on any atom is 0.416 e. The van der Waals surface area contributed by atoms with E-state index >= 15 is 0 Å². The highest BCUT2D eigenvalue weighted by molar-refractivity contribution is 8.27. The third kappa shape index (κ3) is 5.24. The SMILES string of the molecule is O=C1/C(=C\c2ccccc2OCc2ccccc2Cl)SC(=S)N1c1cccc(C(F)(F)F)c1. The molecule has 9 heteroatoms. The molecule has 3 aromatic carbocycles. The molecule has 0 aliphatic carbocycles. The molecular weight excluding hydrogens is 491 g/mol. The molecule has 3 nitrogen and oxygen atoms in total. The van der Waals surface area contributed by atoms with Crippen LogP contribution < -0.4 is 9.64 Å². The monoisotopic (exact) mass is 505 g/mol. The van der Waals surface area contributed by atoms with Gasteiger partial charge in [0.1, 0.15) is 12.4 Å². The highest BCUT2D eigenvalue weighted by atomic mass is 35.5. The molecule has 0 bridgehead atoms. The molecule has 0 spiro atoms. The minimum absolute atomic E-state index is 0.0685. The zero-order valence-corrected chi connectivity index (χ0v) is 19.2. The van der Waals surface area contributed by atoms with Gasteiger partial charge in [0.25, 0.3) is 5.91 Å². The van der Waals surface area contributed by atoms with Crippen molar-refractivity contribution >= 4 is 57.6 Å². The van der Waals surface area contributed by atoms with Crippen molar-refractivity contribution in [2.75, 3.05) is 4.90 Å². The predicted molar refractivity (Wildman–Crippen MR) is 129 cm³/mol. The van der Waals surface area contributed by atoms with Gasteiger partial charge in [0.2, 0.25) is 0 Å². The largest absolute Gasteiger partial charge is 0.488 e. The summed E-state index contributed by atoms with van der Waals surface area (Å²) in [6, 6.07) is 19.0. The smallest absolute Gasteiger partial charge is 0.416 e. The summed E-state index contributed by atoms with van der Waals surface area (Å²) in [5.74, 6) is 0.0342. The summed E-state index contributed by atoms with van der Waals surface area (Å²) in [4.78, 5) is 14.4. The van der Waals surface area contributed by atoms with E-state index < -0.39 is 17.6 Å². The first-order chi connectivity index (χ1) is 15.7. The van der Waals surface area contributed by atoms with Crippen molar-refractivity contribution in [3.8, 4) is 5.75 Å². The summed E-state index contributed by atoms with van der Waals surface area (Å²) in [5, 5.41) is 0.580. The van der Waals surface area contributed by atoms with Gasteiger partial charge in [0.05, 0.1) is 16.2 Å². The number of carbonyl (C=O) groups excluding carboxylic acids is 1. The molecule has 1 aliphatic heterocycles. The number of halogens is 4. The number of ether oxygens (including phenoxy) is 1. The molecule has 4 rings (SSSR count). The van der Waals surface area contributed by atoms with Crippen LogP contribution in [-0.4, -0.2) is 10.2 Å². The molecule has 0 radical (unpaired) electrons. The van der Waals surface area contributed by atoms with Gasteiger partial charge < -0.3 is 4.74 Å². The van der Waals surface area contributed by atoms with Crippen molar-refractivity contribution in [1.82, 2.24) is 0 Å². The van der Waals surface area contributed by atoms with Crippen LogP contribution >= 0.6 is 35.6 Å². The van der Waals surface area contributed by atoms with Crippen molar-refractivity contribution in [3.05, 3.63) is 99.4 Å². The number of amides is 1. The molecule has 33 heavy (non-hydrogen) atoms. The van der Waals surface area contributed by atoms with Crippen LogP contribution in [-0.2, 0) is 17.6 Å². The number of alkyl halides is 3. The number of thiocarbonyl (C=S) groups is 1. The molecule has 1 saturated heterocycles. The normalized spacial score (nSPS) is 15.4. The Morgan fingerprint density at radius 2 is 1.76 bits per heavy atom. The topological polar surface area (TPSA) is 29.5 Å². The maximum absolute atomic E-state index is 13.1. The second kappa shape index (κ2) is 9.59. The van der Waals surface area contributed by atoms with Crippen LogP contribution in [0, 0.1) is 0 Å². The van der Waals surface area contributed by atoms with E-state index in [2.05, 4.69) is 0 Å². The van der Waals surface area contributed by atoms with Crippen molar-refractivity contribution in [2.24, 2.45) is 0 Å². The molecule has 0 saturated carbocycles. The van der Waals surface area contributed by atoms with Gasteiger partial charge in [0.15, 0.2) is 4.32 Å². The lowest BCUT2D eigenvalue weighted by Crippen LogP contribution is -2.27. The number of benzene rings is 3. The molecule has 1 amide bonds. The molecule has 0 aromatic heterocycles. The van der Waals surface area contributed by atoms with Crippen LogP contribution in [0.5, 0.6) is 5.75 Å². The number of hydrogen-bond acceptors (Lipinski definition) is 4. The fourth-order valence-electron chi connectivity index (χ4n) is 3.16. The van der Waals surface area contributed by atoms with Gasteiger partial charge in [-0.1, -0.05) is 78.0 Å². The molecule has 1 aliphatic rings. The van der Waals surface area contributed by atoms with E-state index in [-0.39, 0.29) is 21.5 Å². The van der Waals surface area contributed by atoms with E-state index in [1.807, 2.05) is 18.2 Å². The average molecular weight is 506 g/mol. The molecular formula is C24H15ClF3NO2S2. The Labute approximate surface area is 202 Å². The zero-order chi connectivity index (χ0) is 23.6. The van der Waals surface area contributed by atoms with Gasteiger partial charge in [-0.2, -0.15) is 13.2 Å². The first-order valence-electron chi connectivity index (χ1n) is 9.64. The molecule has 3 aromatic rings. The number of para-hydroxylation sites is 1. The zero-order valence-electron chi connectivity index (χ0n) is 16.8. The summed E-state index contributed by atoms with van der Waals surface area (Å²) < 4.78 is 45.4. The predicted octanol–water partition coefficient (Wildman–Crippen LogP) is 7.34. The Morgan fingerprint density at radius 1 is 1.03 bits per heavy atom. The van der Waals surface area contributed by atoms with Crippen LogP contribution in [0.25, 0.3) is 6.08 Å². The van der Waals surface area contributed by atoms with E-state index in [4.69, 9.17) is 28.6 Å². The van der Waals surface area contributed by atoms with Gasteiger partial charge in [0, 0.05) is 16.1 Å². The second-order valence-electron chi connectivity index (χ2n) is 6.98. The van der Waals surface area contributed by atoms with E-state index in [1.165, 1.54) is 12.1 Å². The lowest BCUT2D eigenvalue weighted by atomic mass is 10.1. The fourth-order valence-corrected chi connectivity index (χ4v) is 4.64. The molecule has 1 heterocycles. The summed E-state index contributed by atoms with van der Waals surface area (Å²) in [6.45, 7) is 0.232. The number of rotatable bonds is 5. The Kier molecular flexibility index (Phi) is 6.78. The Hall–Kier alpha value is -2.81. The maximum atomic E-state index is 13.1. The molecule has 1 fully saturated rings. The number of thioether (sulfide) groups is 1. The Balaban J connectivity index is 1.59. The minimum atomic E-state index is -4.52. The first kappa shape index (κ1) is 23.4. The van der Waals surface area contributed by atoms with Gasteiger partial charge in [-0.05, 0) is 36.4 Å². The minimum Gasteiger partial charge on any atom is -0.488 e. The van der Waals surface area contributed by atoms with Gasteiger partial charge in [-0.15, -0.1) is 0 Å². The van der Waals surface area contributed by atoms with Crippen molar-refractivity contribution in [3.63, 3.8) is 0 Å². The molecule has 0 atom stereocenters. The third-order valence-corrected chi connectivity index (χ3v) is 6.44. The number of hydrogen-bond donors (Lipinski definition) is 0. The van der Waals surface area contributed by atoms with Crippen LogP contribution in [0.3, 0.4) is 0 Å².